The topological polar surface area (TPSA) is 41.1 Å². The lowest BCUT2D eigenvalue weighted by Gasteiger charge is -2.14. The van der Waals surface area contributed by atoms with Crippen LogP contribution in [0.2, 0.25) is 0 Å². The van der Waals surface area contributed by atoms with Crippen LogP contribution >= 0.6 is 0 Å². The van der Waals surface area contributed by atoms with Crippen LogP contribution in [0.5, 0.6) is 0 Å². The lowest BCUT2D eigenvalue weighted by molar-refractivity contribution is -0.119. The zero-order chi connectivity index (χ0) is 14.9. The Hall–Kier alpha value is -1.77. The molecule has 1 aromatic carbocycles. The lowest BCUT2D eigenvalue weighted by Crippen LogP contribution is -2.31. The third-order valence-electron chi connectivity index (χ3n) is 3.99. The second-order valence-electron chi connectivity index (χ2n) is 5.57. The number of allylic oxidation sites excluding steroid dienone is 1. The summed E-state index contributed by atoms with van der Waals surface area (Å²) in [6.07, 6.45) is 9.34. The predicted molar refractivity (Wildman–Crippen MR) is 88.5 cm³/mol. The van der Waals surface area contributed by atoms with E-state index in [4.69, 9.17) is 0 Å². The van der Waals surface area contributed by atoms with Crippen molar-refractivity contribution in [2.75, 3.05) is 18.4 Å². The van der Waals surface area contributed by atoms with Crippen molar-refractivity contribution in [3.05, 3.63) is 41.5 Å². The quantitative estimate of drug-likeness (QED) is 0.751. The zero-order valence-corrected chi connectivity index (χ0v) is 13.0. The molecule has 0 spiro atoms. The third-order valence-corrected chi connectivity index (χ3v) is 3.99. The van der Waals surface area contributed by atoms with Gasteiger partial charge in [0.05, 0.1) is 6.54 Å². The number of hydrogen-bond acceptors (Lipinski definition) is 2. The van der Waals surface area contributed by atoms with E-state index in [-0.39, 0.29) is 5.91 Å². The Bertz CT molecular complexity index is 494. The van der Waals surface area contributed by atoms with Crippen LogP contribution in [0.1, 0.15) is 44.6 Å². The van der Waals surface area contributed by atoms with E-state index in [1.54, 1.807) is 0 Å². The summed E-state index contributed by atoms with van der Waals surface area (Å²) in [5, 5.41) is 6.22. The third kappa shape index (κ3) is 5.25. The fourth-order valence-corrected chi connectivity index (χ4v) is 2.73. The summed E-state index contributed by atoms with van der Waals surface area (Å²) in [7, 11) is 0. The highest BCUT2D eigenvalue weighted by molar-refractivity contribution is 5.80. The number of hydrogen-bond donors (Lipinski definition) is 2. The molecule has 0 saturated heterocycles. The highest BCUT2D eigenvalue weighted by Crippen LogP contribution is 2.19. The molecule has 1 aliphatic rings. The Kier molecular flexibility index (Phi) is 6.32. The largest absolute Gasteiger partial charge is 0.376 e. The minimum atomic E-state index is 0.0670. The number of benzene rings is 1. The van der Waals surface area contributed by atoms with E-state index in [0.717, 1.165) is 25.1 Å². The van der Waals surface area contributed by atoms with Crippen molar-refractivity contribution in [2.24, 2.45) is 0 Å². The molecule has 0 aliphatic heterocycles. The van der Waals surface area contributed by atoms with Gasteiger partial charge in [-0.25, -0.2) is 0 Å². The van der Waals surface area contributed by atoms with Gasteiger partial charge in [-0.1, -0.05) is 36.8 Å². The van der Waals surface area contributed by atoms with Gasteiger partial charge >= 0.3 is 0 Å². The molecular weight excluding hydrogens is 260 g/mol. The summed E-state index contributed by atoms with van der Waals surface area (Å²) in [6, 6.07) is 8.14. The molecule has 0 atom stereocenters. The number of aryl methyl sites for hydroxylation is 1. The van der Waals surface area contributed by atoms with Crippen LogP contribution in [-0.4, -0.2) is 19.0 Å². The van der Waals surface area contributed by atoms with Crippen molar-refractivity contribution >= 4 is 11.6 Å². The zero-order valence-electron chi connectivity index (χ0n) is 13.0. The van der Waals surface area contributed by atoms with E-state index in [1.165, 1.54) is 36.8 Å². The molecule has 1 aromatic rings. The molecule has 3 heteroatoms. The molecule has 1 aliphatic carbocycles. The van der Waals surface area contributed by atoms with Crippen molar-refractivity contribution in [2.45, 2.75) is 45.4 Å². The maximum atomic E-state index is 11.9. The molecule has 0 radical (unpaired) electrons. The van der Waals surface area contributed by atoms with Crippen molar-refractivity contribution in [1.82, 2.24) is 5.32 Å². The van der Waals surface area contributed by atoms with Gasteiger partial charge in [-0.05, 0) is 50.2 Å². The molecule has 21 heavy (non-hydrogen) atoms. The first-order chi connectivity index (χ1) is 10.3. The van der Waals surface area contributed by atoms with E-state index in [2.05, 4.69) is 29.7 Å². The van der Waals surface area contributed by atoms with E-state index in [9.17, 15) is 4.79 Å². The Morgan fingerprint density at radius 2 is 2.10 bits per heavy atom. The number of nitrogens with one attached hydrogen (secondary N) is 2. The number of para-hydroxylation sites is 1. The Morgan fingerprint density at radius 3 is 2.86 bits per heavy atom. The second-order valence-corrected chi connectivity index (χ2v) is 5.57. The van der Waals surface area contributed by atoms with Gasteiger partial charge < -0.3 is 10.6 Å². The molecule has 114 valence electrons. The highest BCUT2D eigenvalue weighted by atomic mass is 16.1. The van der Waals surface area contributed by atoms with E-state index in [1.807, 2.05) is 18.2 Å². The molecule has 0 aromatic heterocycles. The number of carbonyl (C=O) groups excluding carboxylic acids is 1. The van der Waals surface area contributed by atoms with Crippen LogP contribution < -0.4 is 10.6 Å². The first-order valence-corrected chi connectivity index (χ1v) is 8.06. The average Bonchev–Trinajstić information content (AvgIpc) is 2.54. The Balaban J connectivity index is 1.68. The van der Waals surface area contributed by atoms with Crippen molar-refractivity contribution in [3.63, 3.8) is 0 Å². The van der Waals surface area contributed by atoms with Gasteiger partial charge in [0.2, 0.25) is 5.91 Å². The van der Waals surface area contributed by atoms with Crippen molar-refractivity contribution in [3.8, 4) is 0 Å². The fraction of sp³-hybridized carbons (Fsp3) is 0.500. The fourth-order valence-electron chi connectivity index (χ4n) is 2.73. The molecule has 3 nitrogen and oxygen atoms in total. The number of rotatable bonds is 7. The van der Waals surface area contributed by atoms with Gasteiger partial charge in [-0.3, -0.25) is 4.79 Å². The highest BCUT2D eigenvalue weighted by Gasteiger charge is 2.06. The van der Waals surface area contributed by atoms with Crippen LogP contribution in [0.4, 0.5) is 5.69 Å². The van der Waals surface area contributed by atoms with E-state index in [0.29, 0.717) is 6.54 Å². The lowest BCUT2D eigenvalue weighted by atomic mass is 9.97. The van der Waals surface area contributed by atoms with Crippen LogP contribution in [0.15, 0.2) is 35.9 Å². The minimum Gasteiger partial charge on any atom is -0.376 e. The Labute approximate surface area is 127 Å². The van der Waals surface area contributed by atoms with Gasteiger partial charge in [0.1, 0.15) is 0 Å². The number of amides is 1. The van der Waals surface area contributed by atoms with Gasteiger partial charge in [-0.15, -0.1) is 0 Å². The smallest absolute Gasteiger partial charge is 0.239 e. The summed E-state index contributed by atoms with van der Waals surface area (Å²) in [4.78, 5) is 11.9. The Morgan fingerprint density at radius 1 is 1.24 bits per heavy atom. The summed E-state index contributed by atoms with van der Waals surface area (Å²) in [5.74, 6) is 0.0670. The van der Waals surface area contributed by atoms with Crippen molar-refractivity contribution < 1.29 is 4.79 Å². The standard InChI is InChI=1S/C18H26N2O/c1-2-16-10-6-7-11-17(16)20-14-18(21)19-13-12-15-8-4-3-5-9-15/h6-8,10-11,20H,2-5,9,12-14H2,1H3,(H,19,21). The molecule has 0 fully saturated rings. The van der Waals surface area contributed by atoms with Gasteiger partial charge in [-0.2, -0.15) is 0 Å². The summed E-state index contributed by atoms with van der Waals surface area (Å²) in [5.41, 5.74) is 3.81. The SMILES string of the molecule is CCc1ccccc1NCC(=O)NCCC1=CCCCC1. The maximum absolute atomic E-state index is 11.9. The molecule has 2 rings (SSSR count). The molecule has 0 unspecified atom stereocenters. The summed E-state index contributed by atoms with van der Waals surface area (Å²) >= 11 is 0. The van der Waals surface area contributed by atoms with Crippen molar-refractivity contribution in [1.29, 1.82) is 0 Å². The second kappa shape index (κ2) is 8.50. The first-order valence-electron chi connectivity index (χ1n) is 8.06. The molecule has 0 saturated carbocycles. The molecule has 2 N–H and O–H groups in total. The predicted octanol–water partition coefficient (Wildman–Crippen LogP) is 3.67. The number of anilines is 1. The average molecular weight is 286 g/mol. The van der Waals surface area contributed by atoms with Crippen LogP contribution in [0, 0.1) is 0 Å². The van der Waals surface area contributed by atoms with E-state index >= 15 is 0 Å². The van der Waals surface area contributed by atoms with Gasteiger partial charge in [0, 0.05) is 12.2 Å². The monoisotopic (exact) mass is 286 g/mol. The van der Waals surface area contributed by atoms with Crippen LogP contribution in [0.25, 0.3) is 0 Å². The van der Waals surface area contributed by atoms with Crippen LogP contribution in [-0.2, 0) is 11.2 Å². The van der Waals surface area contributed by atoms with E-state index < -0.39 is 0 Å². The normalized spacial score (nSPS) is 14.4. The molecule has 1 amide bonds. The molecule has 0 heterocycles. The molecule has 0 bridgehead atoms. The molecular formula is C18H26N2O. The number of carbonyl (C=O) groups is 1. The minimum absolute atomic E-state index is 0.0670. The summed E-state index contributed by atoms with van der Waals surface area (Å²) < 4.78 is 0. The first kappa shape index (κ1) is 15.6. The van der Waals surface area contributed by atoms with Crippen LogP contribution in [0.3, 0.4) is 0 Å². The summed E-state index contributed by atoms with van der Waals surface area (Å²) in [6.45, 7) is 3.22. The van der Waals surface area contributed by atoms with Gasteiger partial charge in [0.25, 0.3) is 0 Å². The van der Waals surface area contributed by atoms with Gasteiger partial charge in [0.15, 0.2) is 0 Å². The maximum Gasteiger partial charge on any atom is 0.239 e.